The third-order valence-electron chi connectivity index (χ3n) is 3.23. The lowest BCUT2D eigenvalue weighted by Gasteiger charge is -2.06. The maximum atomic E-state index is 13.1. The lowest BCUT2D eigenvalue weighted by molar-refractivity contribution is 0.358. The van der Waals surface area contributed by atoms with Crippen LogP contribution in [0.25, 0.3) is 0 Å². The Morgan fingerprint density at radius 2 is 2.04 bits per heavy atom. The molecule has 0 aliphatic rings. The molecule has 8 heteroatoms. The Hall–Kier alpha value is -1.90. The summed E-state index contributed by atoms with van der Waals surface area (Å²) >= 11 is 1.24. The molecule has 0 bridgehead atoms. The summed E-state index contributed by atoms with van der Waals surface area (Å²) in [6.07, 6.45) is 5.12. The Morgan fingerprint density at radius 1 is 1.38 bits per heavy atom. The monoisotopic (exact) mass is 365 g/mol. The normalized spacial score (nSPS) is 12.9. The van der Waals surface area contributed by atoms with Crippen molar-refractivity contribution in [3.63, 3.8) is 0 Å². The van der Waals surface area contributed by atoms with Crippen molar-refractivity contribution >= 4 is 33.1 Å². The van der Waals surface area contributed by atoms with Gasteiger partial charge in [-0.2, -0.15) is 5.10 Å². The highest BCUT2D eigenvalue weighted by atomic mass is 32.2. The van der Waals surface area contributed by atoms with Crippen molar-refractivity contribution in [3.05, 3.63) is 42.5 Å². The molecule has 0 amide bonds. The Balaban J connectivity index is 2.74. The van der Waals surface area contributed by atoms with Crippen LogP contribution in [-0.4, -0.2) is 41.9 Å². The molecule has 2 rings (SSSR count). The van der Waals surface area contributed by atoms with Crippen molar-refractivity contribution in [2.75, 3.05) is 12.9 Å². The molecule has 0 aliphatic carbocycles. The van der Waals surface area contributed by atoms with Crippen LogP contribution in [0.15, 0.2) is 62.3 Å². The van der Waals surface area contributed by atoms with Crippen molar-refractivity contribution in [2.24, 2.45) is 12.0 Å². The Bertz CT molecular complexity index is 869. The van der Waals surface area contributed by atoms with E-state index in [0.717, 1.165) is 0 Å². The Kier molecular flexibility index (Phi) is 5.98. The Labute approximate surface area is 145 Å². The first-order valence-corrected chi connectivity index (χ1v) is 9.88. The molecular formula is C16H19N3O3S2. The molecule has 0 radical (unpaired) electrons. The zero-order valence-electron chi connectivity index (χ0n) is 13.7. The highest BCUT2D eigenvalue weighted by molar-refractivity contribution is 7.99. The van der Waals surface area contributed by atoms with Gasteiger partial charge in [0.05, 0.1) is 17.2 Å². The van der Waals surface area contributed by atoms with E-state index in [1.165, 1.54) is 16.4 Å². The third kappa shape index (κ3) is 3.61. The number of aromatic nitrogens is 2. The van der Waals surface area contributed by atoms with E-state index in [9.17, 15) is 13.5 Å². The van der Waals surface area contributed by atoms with Gasteiger partial charge in [-0.05, 0) is 31.4 Å². The molecule has 1 heterocycles. The molecule has 2 aromatic rings. The van der Waals surface area contributed by atoms with E-state index < -0.39 is 9.84 Å². The Morgan fingerprint density at radius 3 is 2.58 bits per heavy atom. The van der Waals surface area contributed by atoms with E-state index in [4.69, 9.17) is 0 Å². The van der Waals surface area contributed by atoms with Gasteiger partial charge < -0.3 is 5.11 Å². The van der Waals surface area contributed by atoms with Crippen LogP contribution in [0.5, 0.6) is 0 Å². The molecule has 0 fully saturated rings. The minimum Gasteiger partial charge on any atom is -0.390 e. The van der Waals surface area contributed by atoms with Gasteiger partial charge in [0.25, 0.3) is 0 Å². The van der Waals surface area contributed by atoms with E-state index in [1.807, 2.05) is 0 Å². The molecule has 0 unspecified atom stereocenters. The van der Waals surface area contributed by atoms with Crippen LogP contribution in [-0.2, 0) is 16.9 Å². The van der Waals surface area contributed by atoms with E-state index in [-0.39, 0.29) is 22.2 Å². The molecule has 0 saturated carbocycles. The van der Waals surface area contributed by atoms with Crippen LogP contribution in [0.3, 0.4) is 0 Å². The number of hydrogen-bond acceptors (Lipinski definition) is 6. The van der Waals surface area contributed by atoms with E-state index in [0.29, 0.717) is 10.7 Å². The fourth-order valence-corrected chi connectivity index (χ4v) is 4.63. The van der Waals surface area contributed by atoms with Crippen molar-refractivity contribution < 1.29 is 13.5 Å². The summed E-state index contributed by atoms with van der Waals surface area (Å²) in [5.41, 5.74) is 0.359. The molecule has 0 aliphatic heterocycles. The second-order valence-corrected chi connectivity index (χ2v) is 7.54. The quantitative estimate of drug-likeness (QED) is 0.628. The number of allylic oxidation sites excluding steroid dienone is 1. The molecule has 128 valence electrons. The SMILES string of the molecule is C/C=C/C(CO)=N\c1c(S(=O)(=O)c2ccccc2)c(SC)nn1C. The van der Waals surface area contributed by atoms with Crippen molar-refractivity contribution in [1.82, 2.24) is 9.78 Å². The second-order valence-electron chi connectivity index (χ2n) is 4.86. The minimum atomic E-state index is -3.78. The zero-order valence-corrected chi connectivity index (χ0v) is 15.3. The molecule has 1 aromatic heterocycles. The summed E-state index contributed by atoms with van der Waals surface area (Å²) in [7, 11) is -2.15. The average molecular weight is 365 g/mol. The summed E-state index contributed by atoms with van der Waals surface area (Å²) in [4.78, 5) is 4.55. The van der Waals surface area contributed by atoms with Crippen LogP contribution < -0.4 is 0 Å². The highest BCUT2D eigenvalue weighted by Crippen LogP contribution is 2.36. The first-order chi connectivity index (χ1) is 11.5. The minimum absolute atomic E-state index is 0.0548. The van der Waals surface area contributed by atoms with Gasteiger partial charge in [-0.1, -0.05) is 24.3 Å². The fraction of sp³-hybridized carbons (Fsp3) is 0.250. The number of aliphatic hydroxyl groups excluding tert-OH is 1. The van der Waals surface area contributed by atoms with Gasteiger partial charge >= 0.3 is 0 Å². The topological polar surface area (TPSA) is 84.6 Å². The van der Waals surface area contributed by atoms with Crippen LogP contribution in [0.2, 0.25) is 0 Å². The van der Waals surface area contributed by atoms with Gasteiger partial charge in [0.2, 0.25) is 9.84 Å². The summed E-state index contributed by atoms with van der Waals surface area (Å²) in [5.74, 6) is 0.199. The van der Waals surface area contributed by atoms with Gasteiger partial charge in [0, 0.05) is 7.05 Å². The number of rotatable bonds is 6. The van der Waals surface area contributed by atoms with Crippen LogP contribution in [0, 0.1) is 0 Å². The number of nitrogens with zero attached hydrogens (tertiary/aromatic N) is 3. The number of hydrogen-bond donors (Lipinski definition) is 1. The highest BCUT2D eigenvalue weighted by Gasteiger charge is 2.29. The molecule has 0 atom stereocenters. The van der Waals surface area contributed by atoms with Crippen molar-refractivity contribution in [1.29, 1.82) is 0 Å². The number of benzene rings is 1. The van der Waals surface area contributed by atoms with E-state index in [2.05, 4.69) is 10.1 Å². The number of aryl methyl sites for hydroxylation is 1. The standard InChI is InChI=1S/C16H19N3O3S2/c1-4-8-12(11-20)17-15-14(16(23-3)18-19(15)2)24(21,22)13-9-6-5-7-10-13/h4-10,20H,11H2,1-3H3/b8-4+,17-12+. The summed E-state index contributed by atoms with van der Waals surface area (Å²) < 4.78 is 27.5. The number of sulfone groups is 1. The van der Waals surface area contributed by atoms with Crippen LogP contribution >= 0.6 is 11.8 Å². The average Bonchev–Trinajstić information content (AvgIpc) is 2.91. The van der Waals surface area contributed by atoms with E-state index >= 15 is 0 Å². The van der Waals surface area contributed by atoms with Crippen LogP contribution in [0.4, 0.5) is 5.82 Å². The van der Waals surface area contributed by atoms with Gasteiger partial charge in [-0.3, -0.25) is 0 Å². The maximum Gasteiger partial charge on any atom is 0.213 e. The van der Waals surface area contributed by atoms with Gasteiger partial charge in [0.1, 0.15) is 9.92 Å². The first-order valence-electron chi connectivity index (χ1n) is 7.18. The van der Waals surface area contributed by atoms with Gasteiger partial charge in [-0.15, -0.1) is 11.8 Å². The lowest BCUT2D eigenvalue weighted by atomic mass is 10.3. The molecule has 0 saturated heterocycles. The largest absolute Gasteiger partial charge is 0.390 e. The number of thioether (sulfide) groups is 1. The number of aliphatic hydroxyl groups is 1. The van der Waals surface area contributed by atoms with E-state index in [1.54, 1.807) is 62.7 Å². The molecule has 6 nitrogen and oxygen atoms in total. The smallest absolute Gasteiger partial charge is 0.213 e. The number of aliphatic imine (C=N–C) groups is 1. The second kappa shape index (κ2) is 7.78. The van der Waals surface area contributed by atoms with Crippen molar-refractivity contribution in [3.8, 4) is 0 Å². The summed E-state index contributed by atoms with van der Waals surface area (Å²) in [6.45, 7) is 1.50. The predicted molar refractivity (Wildman–Crippen MR) is 95.9 cm³/mol. The third-order valence-corrected chi connectivity index (χ3v) is 5.84. The molecular weight excluding hydrogens is 346 g/mol. The fourth-order valence-electron chi connectivity index (χ4n) is 2.13. The van der Waals surface area contributed by atoms with Crippen LogP contribution in [0.1, 0.15) is 6.92 Å². The maximum absolute atomic E-state index is 13.1. The predicted octanol–water partition coefficient (Wildman–Crippen LogP) is 2.62. The lowest BCUT2D eigenvalue weighted by Crippen LogP contribution is -2.05. The van der Waals surface area contributed by atoms with Gasteiger partial charge in [0.15, 0.2) is 5.82 Å². The molecule has 1 N–H and O–H groups in total. The van der Waals surface area contributed by atoms with Crippen molar-refractivity contribution in [2.45, 2.75) is 21.7 Å². The summed E-state index contributed by atoms with van der Waals surface area (Å²) in [5, 5.41) is 14.0. The zero-order chi connectivity index (χ0) is 17.7. The molecule has 24 heavy (non-hydrogen) atoms. The first kappa shape index (κ1) is 18.4. The molecule has 1 aromatic carbocycles. The summed E-state index contributed by atoms with van der Waals surface area (Å²) in [6, 6.07) is 8.18. The van der Waals surface area contributed by atoms with Gasteiger partial charge in [-0.25, -0.2) is 18.1 Å². The molecule has 0 spiro atoms.